The molecule has 2 N–H and O–H groups in total. The van der Waals surface area contributed by atoms with Crippen LogP contribution in [0.5, 0.6) is 0 Å². The summed E-state index contributed by atoms with van der Waals surface area (Å²) in [5.74, 6) is 0. The highest BCUT2D eigenvalue weighted by molar-refractivity contribution is 7.80. The van der Waals surface area contributed by atoms with E-state index in [-0.39, 0.29) is 0 Å². The fraction of sp³-hybridized carbons (Fsp3) is 0.400. The van der Waals surface area contributed by atoms with Gasteiger partial charge in [0.1, 0.15) is 0 Å². The lowest BCUT2D eigenvalue weighted by atomic mass is 10.4. The minimum absolute atomic E-state index is 0.460. The molecule has 0 amide bonds. The van der Waals surface area contributed by atoms with Crippen LogP contribution < -0.4 is 5.73 Å². The first kappa shape index (κ1) is 6.63. The molecule has 0 aromatic carbocycles. The Bertz CT molecular complexity index is 86.1. The summed E-state index contributed by atoms with van der Waals surface area (Å²) in [5.41, 5.74) is 5.12. The monoisotopic (exact) mass is 115 g/mol. The standard InChI is InChI=1S/C5H9NS/c1-2-3-4-5(6)7/h3-4H,2H2,1H3,(H2,6,7). The second kappa shape index (κ2) is 3.81. The van der Waals surface area contributed by atoms with Gasteiger partial charge in [-0.2, -0.15) is 0 Å². The van der Waals surface area contributed by atoms with Crippen molar-refractivity contribution < 1.29 is 0 Å². The molecule has 0 aromatic heterocycles. The van der Waals surface area contributed by atoms with E-state index in [1.54, 1.807) is 6.08 Å². The maximum atomic E-state index is 5.12. The number of allylic oxidation sites excluding steroid dienone is 1. The van der Waals surface area contributed by atoms with Gasteiger partial charge in [-0.15, -0.1) is 0 Å². The Morgan fingerprint density at radius 2 is 2.43 bits per heavy atom. The molecule has 40 valence electrons. The van der Waals surface area contributed by atoms with Crippen molar-refractivity contribution >= 4 is 17.2 Å². The number of nitrogens with two attached hydrogens (primary N) is 1. The van der Waals surface area contributed by atoms with Gasteiger partial charge in [0.15, 0.2) is 0 Å². The van der Waals surface area contributed by atoms with Gasteiger partial charge in [-0.1, -0.05) is 25.2 Å². The molecule has 0 radical (unpaired) electrons. The zero-order valence-electron chi connectivity index (χ0n) is 4.35. The van der Waals surface area contributed by atoms with Gasteiger partial charge in [0.2, 0.25) is 0 Å². The molecule has 0 unspecified atom stereocenters. The van der Waals surface area contributed by atoms with Crippen molar-refractivity contribution in [3.8, 4) is 0 Å². The zero-order valence-corrected chi connectivity index (χ0v) is 5.16. The maximum absolute atomic E-state index is 5.12. The first-order chi connectivity index (χ1) is 3.27. The summed E-state index contributed by atoms with van der Waals surface area (Å²) in [5, 5.41) is 0. The third kappa shape index (κ3) is 5.63. The van der Waals surface area contributed by atoms with Crippen LogP contribution in [0.4, 0.5) is 0 Å². The molecule has 0 rings (SSSR count). The summed E-state index contributed by atoms with van der Waals surface area (Å²) < 4.78 is 0. The third-order valence-corrected chi connectivity index (χ3v) is 0.654. The molecule has 0 saturated carbocycles. The van der Waals surface area contributed by atoms with E-state index in [9.17, 15) is 0 Å². The molecule has 0 saturated heterocycles. The van der Waals surface area contributed by atoms with Crippen molar-refractivity contribution in [2.45, 2.75) is 13.3 Å². The van der Waals surface area contributed by atoms with Crippen LogP contribution in [0.3, 0.4) is 0 Å². The van der Waals surface area contributed by atoms with Gasteiger partial charge in [0, 0.05) is 0 Å². The Morgan fingerprint density at radius 1 is 1.86 bits per heavy atom. The van der Waals surface area contributed by atoms with E-state index in [0.29, 0.717) is 4.99 Å². The van der Waals surface area contributed by atoms with Crippen molar-refractivity contribution in [1.29, 1.82) is 0 Å². The lowest BCUT2D eigenvalue weighted by Gasteiger charge is -1.78. The van der Waals surface area contributed by atoms with Gasteiger partial charge >= 0.3 is 0 Å². The average Bonchev–Trinajstić information content (AvgIpc) is 1.61. The van der Waals surface area contributed by atoms with Crippen molar-refractivity contribution in [2.75, 3.05) is 0 Å². The lowest BCUT2D eigenvalue weighted by Crippen LogP contribution is -2.01. The van der Waals surface area contributed by atoms with E-state index in [4.69, 9.17) is 5.73 Å². The molecule has 2 heteroatoms. The van der Waals surface area contributed by atoms with Crippen LogP contribution in [0.15, 0.2) is 12.2 Å². The predicted octanol–water partition coefficient (Wildman–Crippen LogP) is 1.24. The molecule has 0 bridgehead atoms. The molecule has 0 aliphatic carbocycles. The Labute approximate surface area is 49.2 Å². The molecule has 0 aromatic rings. The molecular formula is C5H9NS. The Balaban J connectivity index is 3.26. The second-order valence-electron chi connectivity index (χ2n) is 1.21. The van der Waals surface area contributed by atoms with Crippen molar-refractivity contribution in [1.82, 2.24) is 0 Å². The SMILES string of the molecule is CCC=CC(N)=S. The van der Waals surface area contributed by atoms with E-state index in [1.165, 1.54) is 0 Å². The van der Waals surface area contributed by atoms with E-state index in [0.717, 1.165) is 6.42 Å². The minimum atomic E-state index is 0.460. The van der Waals surface area contributed by atoms with Crippen LogP contribution in [0.1, 0.15) is 13.3 Å². The van der Waals surface area contributed by atoms with Gasteiger partial charge < -0.3 is 5.73 Å². The highest BCUT2D eigenvalue weighted by Gasteiger charge is 1.70. The first-order valence-corrected chi connectivity index (χ1v) is 2.64. The highest BCUT2D eigenvalue weighted by Crippen LogP contribution is 1.77. The summed E-state index contributed by atoms with van der Waals surface area (Å²) in [6.45, 7) is 2.04. The maximum Gasteiger partial charge on any atom is 0.0958 e. The zero-order chi connectivity index (χ0) is 5.70. The summed E-state index contributed by atoms with van der Waals surface area (Å²) in [4.78, 5) is 0.460. The van der Waals surface area contributed by atoms with Crippen molar-refractivity contribution in [3.05, 3.63) is 12.2 Å². The third-order valence-electron chi connectivity index (χ3n) is 0.518. The molecule has 0 fully saturated rings. The number of hydrogen-bond donors (Lipinski definition) is 1. The molecule has 1 nitrogen and oxygen atoms in total. The molecule has 0 aliphatic heterocycles. The Morgan fingerprint density at radius 3 is 2.57 bits per heavy atom. The van der Waals surface area contributed by atoms with Crippen LogP contribution in [0.25, 0.3) is 0 Å². The van der Waals surface area contributed by atoms with Gasteiger partial charge in [-0.25, -0.2) is 0 Å². The summed E-state index contributed by atoms with van der Waals surface area (Å²) in [6, 6.07) is 0. The summed E-state index contributed by atoms with van der Waals surface area (Å²) in [7, 11) is 0. The molecule has 0 atom stereocenters. The number of rotatable bonds is 2. The van der Waals surface area contributed by atoms with Gasteiger partial charge in [0.05, 0.1) is 4.99 Å². The topological polar surface area (TPSA) is 26.0 Å². The fourth-order valence-corrected chi connectivity index (χ4v) is 0.330. The van der Waals surface area contributed by atoms with Gasteiger partial charge in [-0.05, 0) is 12.5 Å². The largest absolute Gasteiger partial charge is 0.390 e. The molecule has 0 spiro atoms. The molecular weight excluding hydrogens is 106 g/mol. The first-order valence-electron chi connectivity index (χ1n) is 2.23. The normalized spacial score (nSPS) is 9.86. The minimum Gasteiger partial charge on any atom is -0.390 e. The summed E-state index contributed by atoms with van der Waals surface area (Å²) in [6.07, 6.45) is 4.66. The fourth-order valence-electron chi connectivity index (χ4n) is 0.234. The highest BCUT2D eigenvalue weighted by atomic mass is 32.1. The quantitative estimate of drug-likeness (QED) is 0.433. The Kier molecular flexibility index (Phi) is 3.61. The van der Waals surface area contributed by atoms with E-state index in [2.05, 4.69) is 12.2 Å². The van der Waals surface area contributed by atoms with Crippen molar-refractivity contribution in [3.63, 3.8) is 0 Å². The van der Waals surface area contributed by atoms with E-state index in [1.807, 2.05) is 13.0 Å². The smallest absolute Gasteiger partial charge is 0.0958 e. The Hall–Kier alpha value is -0.370. The molecule has 0 aliphatic rings. The number of thiocarbonyl (C=S) groups is 1. The van der Waals surface area contributed by atoms with Crippen LogP contribution in [0, 0.1) is 0 Å². The van der Waals surface area contributed by atoms with Crippen LogP contribution in [-0.2, 0) is 0 Å². The van der Waals surface area contributed by atoms with Crippen LogP contribution in [0.2, 0.25) is 0 Å². The number of hydrogen-bond acceptors (Lipinski definition) is 1. The van der Waals surface area contributed by atoms with E-state index >= 15 is 0 Å². The average molecular weight is 115 g/mol. The van der Waals surface area contributed by atoms with Gasteiger partial charge in [-0.3, -0.25) is 0 Å². The predicted molar refractivity (Wildman–Crippen MR) is 36.2 cm³/mol. The van der Waals surface area contributed by atoms with Crippen molar-refractivity contribution in [2.24, 2.45) is 5.73 Å². The van der Waals surface area contributed by atoms with E-state index < -0.39 is 0 Å². The molecule has 0 heterocycles. The molecule has 7 heavy (non-hydrogen) atoms. The van der Waals surface area contributed by atoms with Crippen LogP contribution in [-0.4, -0.2) is 4.99 Å². The summed E-state index contributed by atoms with van der Waals surface area (Å²) >= 11 is 4.55. The lowest BCUT2D eigenvalue weighted by molar-refractivity contribution is 1.23. The second-order valence-corrected chi connectivity index (χ2v) is 1.68. The van der Waals surface area contributed by atoms with Gasteiger partial charge in [0.25, 0.3) is 0 Å². The van der Waals surface area contributed by atoms with Crippen LogP contribution >= 0.6 is 12.2 Å².